The zero-order valence-corrected chi connectivity index (χ0v) is 19.3. The number of anilines is 1. The summed E-state index contributed by atoms with van der Waals surface area (Å²) in [4.78, 5) is 9.40. The number of aromatic nitrogens is 4. The second-order valence-electron chi connectivity index (χ2n) is 8.07. The van der Waals surface area contributed by atoms with Gasteiger partial charge in [-0.25, -0.2) is 13.1 Å². The van der Waals surface area contributed by atoms with Crippen LogP contribution in [0, 0.1) is 0 Å². The molecule has 172 valence electrons. The van der Waals surface area contributed by atoms with E-state index in [1.165, 1.54) is 7.05 Å². The van der Waals surface area contributed by atoms with E-state index in [2.05, 4.69) is 44.3 Å². The van der Waals surface area contributed by atoms with Gasteiger partial charge in [0.15, 0.2) is 5.65 Å². The van der Waals surface area contributed by atoms with Gasteiger partial charge in [-0.1, -0.05) is 32.0 Å². The minimum atomic E-state index is -3.59. The van der Waals surface area contributed by atoms with Crippen molar-refractivity contribution in [1.82, 2.24) is 29.6 Å². The van der Waals surface area contributed by atoms with Gasteiger partial charge in [-0.05, 0) is 44.0 Å². The number of ether oxygens (including phenoxy) is 1. The van der Waals surface area contributed by atoms with Crippen LogP contribution in [0.1, 0.15) is 43.7 Å². The maximum absolute atomic E-state index is 12.4. The third-order valence-corrected chi connectivity index (χ3v) is 7.00. The molecule has 3 N–H and O–H groups in total. The third kappa shape index (κ3) is 4.69. The first-order chi connectivity index (χ1) is 15.4. The predicted octanol–water partition coefficient (Wildman–Crippen LogP) is 1.90. The largest absolute Gasteiger partial charge is 0.459 e. The lowest BCUT2D eigenvalue weighted by Gasteiger charge is -2.23. The van der Waals surface area contributed by atoms with Gasteiger partial charge < -0.3 is 15.4 Å². The Balaban J connectivity index is 1.67. The number of piperidine rings is 1. The van der Waals surface area contributed by atoms with E-state index in [1.54, 1.807) is 35.0 Å². The molecule has 1 aromatic carbocycles. The molecule has 2 aromatic heterocycles. The first-order valence-corrected chi connectivity index (χ1v) is 12.3. The zero-order chi connectivity index (χ0) is 22.7. The second kappa shape index (κ2) is 9.39. The van der Waals surface area contributed by atoms with Crippen molar-refractivity contribution >= 4 is 21.6 Å². The fourth-order valence-corrected chi connectivity index (χ4v) is 4.68. The Morgan fingerprint density at radius 2 is 2.09 bits per heavy atom. The van der Waals surface area contributed by atoms with Crippen molar-refractivity contribution in [3.63, 3.8) is 0 Å². The minimum Gasteiger partial charge on any atom is -0.459 e. The molecule has 32 heavy (non-hydrogen) atoms. The van der Waals surface area contributed by atoms with Gasteiger partial charge in [0, 0.05) is 18.7 Å². The molecule has 0 aliphatic carbocycles. The summed E-state index contributed by atoms with van der Waals surface area (Å²) in [7, 11) is -2.19. The Kier molecular flexibility index (Phi) is 6.58. The summed E-state index contributed by atoms with van der Waals surface area (Å²) in [6.45, 7) is 6.14. The summed E-state index contributed by atoms with van der Waals surface area (Å²) in [6.07, 6.45) is 3.77. The Morgan fingerprint density at radius 1 is 1.28 bits per heavy atom. The normalized spacial score (nSPS) is 17.1. The molecule has 3 aromatic rings. The molecular formula is C21H29N7O3S. The highest BCUT2D eigenvalue weighted by atomic mass is 32.2. The van der Waals surface area contributed by atoms with Gasteiger partial charge in [-0.2, -0.15) is 19.6 Å². The van der Waals surface area contributed by atoms with E-state index in [9.17, 15) is 8.42 Å². The number of sulfonamides is 1. The molecule has 1 atom stereocenters. The fraction of sp³-hybridized carbons (Fsp3) is 0.476. The molecule has 0 bridgehead atoms. The van der Waals surface area contributed by atoms with E-state index in [1.807, 2.05) is 0 Å². The Labute approximate surface area is 187 Å². The topological polar surface area (TPSA) is 123 Å². The van der Waals surface area contributed by atoms with Crippen molar-refractivity contribution in [3.8, 4) is 6.01 Å². The molecule has 0 unspecified atom stereocenters. The lowest BCUT2D eigenvalue weighted by Crippen LogP contribution is -2.37. The highest BCUT2D eigenvalue weighted by molar-refractivity contribution is 7.89. The van der Waals surface area contributed by atoms with Crippen LogP contribution in [-0.2, 0) is 16.6 Å². The number of hydrogen-bond acceptors (Lipinski definition) is 8. The number of nitrogens with zero attached hydrogens (tertiary/aromatic N) is 4. The van der Waals surface area contributed by atoms with Crippen LogP contribution in [0.2, 0.25) is 0 Å². The van der Waals surface area contributed by atoms with E-state index in [-0.39, 0.29) is 29.5 Å². The molecule has 0 saturated carbocycles. The van der Waals surface area contributed by atoms with Crippen molar-refractivity contribution in [2.24, 2.45) is 0 Å². The average molecular weight is 460 g/mol. The highest BCUT2D eigenvalue weighted by Crippen LogP contribution is 2.24. The van der Waals surface area contributed by atoms with Crippen molar-refractivity contribution in [2.45, 2.75) is 50.2 Å². The number of nitrogens with one attached hydrogen (secondary N) is 3. The molecule has 10 nitrogen and oxygen atoms in total. The van der Waals surface area contributed by atoms with Crippen molar-refractivity contribution in [2.75, 3.05) is 25.5 Å². The summed E-state index contributed by atoms with van der Waals surface area (Å²) in [5, 5.41) is 11.0. The van der Waals surface area contributed by atoms with Crippen molar-refractivity contribution in [3.05, 3.63) is 41.6 Å². The van der Waals surface area contributed by atoms with Gasteiger partial charge in [0.25, 0.3) is 0 Å². The molecular weight excluding hydrogens is 430 g/mol. The lowest BCUT2D eigenvalue weighted by atomic mass is 10.1. The SMILES string of the molecule is CNS(=O)(=O)c1ccccc1CNc1nc(O[C@@H]2CCCNC2)nc2c(C(C)C)cnn12. The summed E-state index contributed by atoms with van der Waals surface area (Å²) in [5.41, 5.74) is 2.27. The Hall–Kier alpha value is -2.76. The van der Waals surface area contributed by atoms with E-state index < -0.39 is 10.0 Å². The van der Waals surface area contributed by atoms with Crippen LogP contribution < -0.4 is 20.1 Å². The monoisotopic (exact) mass is 459 g/mol. The van der Waals surface area contributed by atoms with Crippen LogP contribution in [0.3, 0.4) is 0 Å². The van der Waals surface area contributed by atoms with E-state index >= 15 is 0 Å². The third-order valence-electron chi connectivity index (χ3n) is 5.49. The second-order valence-corrected chi connectivity index (χ2v) is 9.93. The van der Waals surface area contributed by atoms with Gasteiger partial charge >= 0.3 is 6.01 Å². The number of hydrogen-bond donors (Lipinski definition) is 3. The Bertz CT molecular complexity index is 1190. The summed E-state index contributed by atoms with van der Waals surface area (Å²) >= 11 is 0. The fourth-order valence-electron chi connectivity index (χ4n) is 3.72. The maximum atomic E-state index is 12.4. The predicted molar refractivity (Wildman–Crippen MR) is 121 cm³/mol. The van der Waals surface area contributed by atoms with E-state index in [4.69, 9.17) is 4.74 Å². The van der Waals surface area contributed by atoms with Gasteiger partial charge in [-0.3, -0.25) is 0 Å². The van der Waals surface area contributed by atoms with Crippen molar-refractivity contribution in [1.29, 1.82) is 0 Å². The zero-order valence-electron chi connectivity index (χ0n) is 18.5. The van der Waals surface area contributed by atoms with Crippen molar-refractivity contribution < 1.29 is 13.2 Å². The molecule has 11 heteroatoms. The molecule has 1 fully saturated rings. The van der Waals surface area contributed by atoms with Crippen LogP contribution in [0.4, 0.5) is 5.95 Å². The molecule has 4 rings (SSSR count). The van der Waals surface area contributed by atoms with E-state index in [0.29, 0.717) is 17.2 Å². The molecule has 1 saturated heterocycles. The molecule has 0 spiro atoms. The summed E-state index contributed by atoms with van der Waals surface area (Å²) in [6, 6.07) is 7.13. The Morgan fingerprint density at radius 3 is 2.81 bits per heavy atom. The molecule has 1 aliphatic heterocycles. The highest BCUT2D eigenvalue weighted by Gasteiger charge is 2.21. The van der Waals surface area contributed by atoms with Gasteiger partial charge in [0.2, 0.25) is 16.0 Å². The molecule has 0 amide bonds. The smallest absolute Gasteiger partial charge is 0.322 e. The van der Waals surface area contributed by atoms with Gasteiger partial charge in [-0.15, -0.1) is 0 Å². The minimum absolute atomic E-state index is 0.00553. The molecule has 3 heterocycles. The first-order valence-electron chi connectivity index (χ1n) is 10.8. The number of rotatable bonds is 8. The van der Waals surface area contributed by atoms with Crippen LogP contribution in [-0.4, -0.2) is 54.2 Å². The first kappa shape index (κ1) is 22.4. The molecule has 0 radical (unpaired) electrons. The van der Waals surface area contributed by atoms with Crippen LogP contribution >= 0.6 is 0 Å². The quantitative estimate of drug-likeness (QED) is 0.467. The van der Waals surface area contributed by atoms with Crippen LogP contribution in [0.5, 0.6) is 6.01 Å². The number of fused-ring (bicyclic) bond motifs is 1. The average Bonchev–Trinajstić information content (AvgIpc) is 3.23. The molecule has 1 aliphatic rings. The van der Waals surface area contributed by atoms with E-state index in [0.717, 1.165) is 31.5 Å². The lowest BCUT2D eigenvalue weighted by molar-refractivity contribution is 0.153. The standard InChI is InChI=1S/C21H29N7O3S/c1-14(2)17-13-25-28-19(17)26-21(31-16-8-6-10-23-12-16)27-20(28)24-11-15-7-4-5-9-18(15)32(29,30)22-3/h4-5,7,9,13-14,16,22-23H,6,8,10-12H2,1-3H3,(H,24,26,27)/t16-/m1/s1. The van der Waals surface area contributed by atoms with Gasteiger partial charge in [0.1, 0.15) is 6.10 Å². The van der Waals surface area contributed by atoms with Crippen LogP contribution in [0.15, 0.2) is 35.4 Å². The van der Waals surface area contributed by atoms with Crippen LogP contribution in [0.25, 0.3) is 5.65 Å². The number of benzene rings is 1. The summed E-state index contributed by atoms with van der Waals surface area (Å²) in [5.74, 6) is 0.665. The summed E-state index contributed by atoms with van der Waals surface area (Å²) < 4.78 is 34.9. The maximum Gasteiger partial charge on any atom is 0.322 e. The van der Waals surface area contributed by atoms with Gasteiger partial charge in [0.05, 0.1) is 11.1 Å².